The van der Waals surface area contributed by atoms with E-state index >= 15 is 0 Å². The molecular weight excluding hydrogens is 334 g/mol. The van der Waals surface area contributed by atoms with Gasteiger partial charge in [-0.15, -0.1) is 5.10 Å². The van der Waals surface area contributed by atoms with E-state index in [0.29, 0.717) is 5.56 Å². The molecule has 1 heterocycles. The number of benzene rings is 2. The van der Waals surface area contributed by atoms with Crippen molar-refractivity contribution in [1.82, 2.24) is 19.9 Å². The number of amides is 1. The standard InChI is InChI=1S/C18H17N5O3/c1-13(14-7-6-10-16(11-14)23(25)26)21(2)18(24)17-12-22(20-19-17)15-8-4-3-5-9-15/h3-13H,1-2H3. The van der Waals surface area contributed by atoms with Crippen LogP contribution in [0.2, 0.25) is 0 Å². The third-order valence-electron chi connectivity index (χ3n) is 4.20. The third-order valence-corrected chi connectivity index (χ3v) is 4.20. The Morgan fingerprint density at radius 2 is 1.92 bits per heavy atom. The molecule has 132 valence electrons. The van der Waals surface area contributed by atoms with Gasteiger partial charge in [-0.1, -0.05) is 35.5 Å². The van der Waals surface area contributed by atoms with Gasteiger partial charge in [0.25, 0.3) is 11.6 Å². The number of rotatable bonds is 5. The minimum absolute atomic E-state index is 0.00905. The van der Waals surface area contributed by atoms with Crippen molar-refractivity contribution >= 4 is 11.6 Å². The largest absolute Gasteiger partial charge is 0.333 e. The maximum atomic E-state index is 12.7. The first-order valence-corrected chi connectivity index (χ1v) is 7.96. The number of nitrogens with zero attached hydrogens (tertiary/aromatic N) is 5. The number of para-hydroxylation sites is 1. The normalized spacial score (nSPS) is 11.8. The van der Waals surface area contributed by atoms with E-state index in [2.05, 4.69) is 10.3 Å². The van der Waals surface area contributed by atoms with E-state index in [1.165, 1.54) is 21.7 Å². The lowest BCUT2D eigenvalue weighted by Gasteiger charge is -2.24. The molecule has 0 aliphatic rings. The summed E-state index contributed by atoms with van der Waals surface area (Å²) in [5.41, 5.74) is 1.66. The summed E-state index contributed by atoms with van der Waals surface area (Å²) in [6.45, 7) is 1.80. The summed E-state index contributed by atoms with van der Waals surface area (Å²) in [5, 5.41) is 18.9. The Hall–Kier alpha value is -3.55. The highest BCUT2D eigenvalue weighted by molar-refractivity contribution is 5.92. The number of carbonyl (C=O) groups excluding carboxylic acids is 1. The van der Waals surface area contributed by atoms with E-state index in [0.717, 1.165) is 5.69 Å². The number of hydrogen-bond donors (Lipinski definition) is 0. The van der Waals surface area contributed by atoms with Crippen LogP contribution in [0.15, 0.2) is 60.8 Å². The SMILES string of the molecule is CC(c1cccc([N+](=O)[O-])c1)N(C)C(=O)c1cn(-c2ccccc2)nn1. The topological polar surface area (TPSA) is 94.2 Å². The van der Waals surface area contributed by atoms with Gasteiger partial charge in [-0.2, -0.15) is 0 Å². The summed E-state index contributed by atoms with van der Waals surface area (Å²) in [6, 6.07) is 15.2. The van der Waals surface area contributed by atoms with Crippen LogP contribution >= 0.6 is 0 Å². The van der Waals surface area contributed by atoms with Gasteiger partial charge in [0.2, 0.25) is 0 Å². The minimum Gasteiger partial charge on any atom is -0.333 e. The van der Waals surface area contributed by atoms with Gasteiger partial charge < -0.3 is 4.90 Å². The molecule has 2 aromatic carbocycles. The lowest BCUT2D eigenvalue weighted by Crippen LogP contribution is -2.30. The van der Waals surface area contributed by atoms with Crippen LogP contribution in [-0.2, 0) is 0 Å². The van der Waals surface area contributed by atoms with Crippen LogP contribution in [0.25, 0.3) is 5.69 Å². The molecule has 1 amide bonds. The van der Waals surface area contributed by atoms with Crippen LogP contribution in [0.1, 0.15) is 29.0 Å². The highest BCUT2D eigenvalue weighted by Crippen LogP contribution is 2.24. The van der Waals surface area contributed by atoms with Crippen LogP contribution in [0.4, 0.5) is 5.69 Å². The van der Waals surface area contributed by atoms with Gasteiger partial charge in [-0.25, -0.2) is 4.68 Å². The van der Waals surface area contributed by atoms with E-state index in [-0.39, 0.29) is 23.3 Å². The van der Waals surface area contributed by atoms with Crippen LogP contribution < -0.4 is 0 Å². The highest BCUT2D eigenvalue weighted by Gasteiger charge is 2.23. The smallest absolute Gasteiger partial charge is 0.276 e. The number of carbonyl (C=O) groups is 1. The van der Waals surface area contributed by atoms with Gasteiger partial charge in [-0.3, -0.25) is 14.9 Å². The van der Waals surface area contributed by atoms with Gasteiger partial charge >= 0.3 is 0 Å². The highest BCUT2D eigenvalue weighted by atomic mass is 16.6. The summed E-state index contributed by atoms with van der Waals surface area (Å²) in [5.74, 6) is -0.314. The average molecular weight is 351 g/mol. The lowest BCUT2D eigenvalue weighted by atomic mass is 10.1. The molecule has 0 N–H and O–H groups in total. The molecule has 1 atom stereocenters. The molecule has 0 fully saturated rings. The maximum Gasteiger partial charge on any atom is 0.276 e. The molecule has 3 rings (SSSR count). The summed E-state index contributed by atoms with van der Waals surface area (Å²) in [7, 11) is 1.63. The van der Waals surface area contributed by atoms with Crippen molar-refractivity contribution in [3.63, 3.8) is 0 Å². The molecule has 0 saturated carbocycles. The van der Waals surface area contributed by atoms with E-state index in [1.807, 2.05) is 30.3 Å². The second kappa shape index (κ2) is 7.14. The van der Waals surface area contributed by atoms with E-state index in [4.69, 9.17) is 0 Å². The fourth-order valence-electron chi connectivity index (χ4n) is 2.55. The van der Waals surface area contributed by atoms with Gasteiger partial charge in [0.05, 0.1) is 22.8 Å². The van der Waals surface area contributed by atoms with Crippen molar-refractivity contribution in [3.8, 4) is 5.69 Å². The molecule has 0 spiro atoms. The monoisotopic (exact) mass is 351 g/mol. The fraction of sp³-hybridized carbons (Fsp3) is 0.167. The Morgan fingerprint density at radius 3 is 2.62 bits per heavy atom. The van der Waals surface area contributed by atoms with E-state index in [1.54, 1.807) is 32.3 Å². The zero-order chi connectivity index (χ0) is 18.7. The molecule has 1 unspecified atom stereocenters. The Labute approximate surface area is 149 Å². The van der Waals surface area contributed by atoms with Crippen LogP contribution in [0.3, 0.4) is 0 Å². The van der Waals surface area contributed by atoms with Crippen LogP contribution in [0.5, 0.6) is 0 Å². The van der Waals surface area contributed by atoms with Crippen molar-refractivity contribution in [2.45, 2.75) is 13.0 Å². The number of nitro benzene ring substituents is 1. The summed E-state index contributed by atoms with van der Waals surface area (Å²) in [6.07, 6.45) is 1.56. The van der Waals surface area contributed by atoms with Crippen molar-refractivity contribution in [1.29, 1.82) is 0 Å². The van der Waals surface area contributed by atoms with Crippen molar-refractivity contribution in [2.24, 2.45) is 0 Å². The number of aromatic nitrogens is 3. The molecule has 0 aliphatic heterocycles. The van der Waals surface area contributed by atoms with Gasteiger partial charge in [0.15, 0.2) is 5.69 Å². The molecule has 3 aromatic rings. The van der Waals surface area contributed by atoms with Gasteiger partial charge in [-0.05, 0) is 24.6 Å². The van der Waals surface area contributed by atoms with E-state index in [9.17, 15) is 14.9 Å². The Balaban J connectivity index is 1.80. The van der Waals surface area contributed by atoms with Gasteiger partial charge in [0, 0.05) is 19.2 Å². The molecule has 1 aromatic heterocycles. The molecule has 0 aliphatic carbocycles. The molecule has 26 heavy (non-hydrogen) atoms. The Kier molecular flexibility index (Phi) is 4.74. The molecule has 0 saturated heterocycles. The summed E-state index contributed by atoms with van der Waals surface area (Å²) >= 11 is 0. The average Bonchev–Trinajstić information content (AvgIpc) is 3.17. The number of hydrogen-bond acceptors (Lipinski definition) is 5. The first-order chi connectivity index (χ1) is 12.5. The first kappa shape index (κ1) is 17.3. The Bertz CT molecular complexity index is 939. The summed E-state index contributed by atoms with van der Waals surface area (Å²) < 4.78 is 1.53. The second-order valence-corrected chi connectivity index (χ2v) is 5.83. The zero-order valence-electron chi connectivity index (χ0n) is 14.3. The quantitative estimate of drug-likeness (QED) is 0.520. The predicted molar refractivity (Wildman–Crippen MR) is 95.0 cm³/mol. The van der Waals surface area contributed by atoms with Crippen LogP contribution in [0, 0.1) is 10.1 Å². The molecular formula is C18H17N5O3. The van der Waals surface area contributed by atoms with Crippen molar-refractivity contribution in [3.05, 3.63) is 82.2 Å². The lowest BCUT2D eigenvalue weighted by molar-refractivity contribution is -0.384. The number of non-ortho nitro benzene ring substituents is 1. The van der Waals surface area contributed by atoms with Crippen LogP contribution in [-0.4, -0.2) is 37.8 Å². The maximum absolute atomic E-state index is 12.7. The fourth-order valence-corrected chi connectivity index (χ4v) is 2.55. The summed E-state index contributed by atoms with van der Waals surface area (Å²) in [4.78, 5) is 24.7. The minimum atomic E-state index is -0.455. The predicted octanol–water partition coefficient (Wildman–Crippen LogP) is 3.01. The third kappa shape index (κ3) is 3.44. The molecule has 0 radical (unpaired) electrons. The van der Waals surface area contributed by atoms with Crippen molar-refractivity contribution in [2.75, 3.05) is 7.05 Å². The number of nitro groups is 1. The van der Waals surface area contributed by atoms with E-state index < -0.39 is 4.92 Å². The zero-order valence-corrected chi connectivity index (χ0v) is 14.3. The van der Waals surface area contributed by atoms with Crippen molar-refractivity contribution < 1.29 is 9.72 Å². The molecule has 8 heteroatoms. The Morgan fingerprint density at radius 1 is 1.19 bits per heavy atom. The van der Waals surface area contributed by atoms with Gasteiger partial charge in [0.1, 0.15) is 0 Å². The molecule has 0 bridgehead atoms. The first-order valence-electron chi connectivity index (χ1n) is 7.96. The second-order valence-electron chi connectivity index (χ2n) is 5.83. The molecule has 8 nitrogen and oxygen atoms in total.